The molecule has 0 unspecified atom stereocenters. The lowest BCUT2D eigenvalue weighted by Crippen LogP contribution is -2.24. The highest BCUT2D eigenvalue weighted by atomic mass is 16.1. The molecule has 0 N–H and O–H groups in total. The van der Waals surface area contributed by atoms with Gasteiger partial charge in [-0.2, -0.15) is 0 Å². The van der Waals surface area contributed by atoms with Gasteiger partial charge in [0.1, 0.15) is 6.29 Å². The van der Waals surface area contributed by atoms with E-state index in [1.165, 1.54) is 25.5 Å². The minimum atomic E-state index is 0.365. The Balaban J connectivity index is 2.51. The van der Waals surface area contributed by atoms with Gasteiger partial charge in [0, 0.05) is 5.92 Å². The Morgan fingerprint density at radius 1 is 1.27 bits per heavy atom. The van der Waals surface area contributed by atoms with Gasteiger partial charge in [-0.05, 0) is 24.7 Å². The van der Waals surface area contributed by atoms with Crippen LogP contribution in [0.25, 0.3) is 0 Å². The maximum Gasteiger partial charge on any atom is 0.123 e. The van der Waals surface area contributed by atoms with Crippen LogP contribution < -0.4 is 0 Å². The summed E-state index contributed by atoms with van der Waals surface area (Å²) in [6.45, 7) is 4.46. The van der Waals surface area contributed by atoms with E-state index in [1.54, 1.807) is 0 Å². The lowest BCUT2D eigenvalue weighted by Gasteiger charge is -2.30. The summed E-state index contributed by atoms with van der Waals surface area (Å²) >= 11 is 0. The van der Waals surface area contributed by atoms with Crippen molar-refractivity contribution in [1.29, 1.82) is 0 Å². The third-order valence-corrected chi connectivity index (χ3v) is 2.91. The average molecular weight is 154 g/mol. The van der Waals surface area contributed by atoms with Crippen LogP contribution in [-0.4, -0.2) is 6.29 Å². The van der Waals surface area contributed by atoms with Gasteiger partial charge in [0.25, 0.3) is 0 Å². The second-order valence-electron chi connectivity index (χ2n) is 3.99. The molecule has 1 aliphatic carbocycles. The summed E-state index contributed by atoms with van der Waals surface area (Å²) in [5, 5.41) is 0. The fraction of sp³-hybridized carbons (Fsp3) is 0.900. The molecule has 1 fully saturated rings. The lowest BCUT2D eigenvalue weighted by atomic mass is 9.74. The largest absolute Gasteiger partial charge is 0.303 e. The summed E-state index contributed by atoms with van der Waals surface area (Å²) < 4.78 is 0. The maximum atomic E-state index is 10.7. The van der Waals surface area contributed by atoms with Crippen LogP contribution in [0, 0.1) is 17.8 Å². The van der Waals surface area contributed by atoms with E-state index in [9.17, 15) is 4.79 Å². The molecular formula is C10H18O. The highest BCUT2D eigenvalue weighted by Gasteiger charge is 2.26. The van der Waals surface area contributed by atoms with Crippen LogP contribution in [0.3, 0.4) is 0 Å². The Morgan fingerprint density at radius 2 is 1.91 bits per heavy atom. The fourth-order valence-electron chi connectivity index (χ4n) is 2.18. The molecule has 11 heavy (non-hydrogen) atoms. The molecule has 1 nitrogen and oxygen atoms in total. The normalized spacial score (nSPS) is 32.3. The molecule has 0 bridgehead atoms. The molecule has 0 saturated heterocycles. The first-order chi connectivity index (χ1) is 5.25. The average Bonchev–Trinajstić information content (AvgIpc) is 2.04. The second kappa shape index (κ2) is 3.89. The predicted octanol–water partition coefficient (Wildman–Crippen LogP) is 2.65. The highest BCUT2D eigenvalue weighted by molar-refractivity contribution is 5.54. The number of carbonyl (C=O) groups excluding carboxylic acids is 1. The van der Waals surface area contributed by atoms with Crippen LogP contribution in [0.2, 0.25) is 0 Å². The van der Waals surface area contributed by atoms with Crippen LogP contribution >= 0.6 is 0 Å². The summed E-state index contributed by atoms with van der Waals surface area (Å²) in [6, 6.07) is 0. The Labute approximate surface area is 69.2 Å². The van der Waals surface area contributed by atoms with Gasteiger partial charge < -0.3 is 4.79 Å². The topological polar surface area (TPSA) is 17.1 Å². The molecule has 1 saturated carbocycles. The zero-order valence-corrected chi connectivity index (χ0v) is 7.55. The molecule has 2 atom stereocenters. The molecular weight excluding hydrogens is 136 g/mol. The minimum Gasteiger partial charge on any atom is -0.303 e. The molecule has 0 heterocycles. The van der Waals surface area contributed by atoms with Gasteiger partial charge in [-0.1, -0.05) is 26.7 Å². The van der Waals surface area contributed by atoms with E-state index in [1.807, 2.05) is 0 Å². The monoisotopic (exact) mass is 154 g/mol. The first-order valence-electron chi connectivity index (χ1n) is 4.71. The van der Waals surface area contributed by atoms with Gasteiger partial charge in [0.05, 0.1) is 0 Å². The van der Waals surface area contributed by atoms with Gasteiger partial charge >= 0.3 is 0 Å². The van der Waals surface area contributed by atoms with Crippen LogP contribution in [0.5, 0.6) is 0 Å². The van der Waals surface area contributed by atoms with Crippen LogP contribution in [-0.2, 0) is 4.79 Å². The standard InChI is InChI=1S/C10H18O/c1-8(2)10-6-4-3-5-9(10)7-11/h7-10H,3-6H2,1-2H3/t9-,10-/m1/s1. The second-order valence-corrected chi connectivity index (χ2v) is 3.99. The zero-order chi connectivity index (χ0) is 8.27. The van der Waals surface area contributed by atoms with Crippen molar-refractivity contribution in [2.24, 2.45) is 17.8 Å². The molecule has 0 radical (unpaired) electrons. The SMILES string of the molecule is CC(C)[C@H]1CCCC[C@@H]1C=O. The minimum absolute atomic E-state index is 0.365. The van der Waals surface area contributed by atoms with Gasteiger partial charge in [-0.3, -0.25) is 0 Å². The lowest BCUT2D eigenvalue weighted by molar-refractivity contribution is -0.114. The van der Waals surface area contributed by atoms with E-state index in [2.05, 4.69) is 13.8 Å². The molecule has 0 aliphatic heterocycles. The van der Waals surface area contributed by atoms with Crippen LogP contribution in [0.1, 0.15) is 39.5 Å². The first kappa shape index (κ1) is 8.76. The van der Waals surface area contributed by atoms with Crippen molar-refractivity contribution in [3.05, 3.63) is 0 Å². The maximum absolute atomic E-state index is 10.7. The summed E-state index contributed by atoms with van der Waals surface area (Å²) in [5.74, 6) is 1.72. The third-order valence-electron chi connectivity index (χ3n) is 2.91. The fourth-order valence-corrected chi connectivity index (χ4v) is 2.18. The molecule has 64 valence electrons. The quantitative estimate of drug-likeness (QED) is 0.559. The highest BCUT2D eigenvalue weighted by Crippen LogP contribution is 2.33. The summed E-state index contributed by atoms with van der Waals surface area (Å²) in [5.41, 5.74) is 0. The van der Waals surface area contributed by atoms with E-state index in [0.29, 0.717) is 17.8 Å². The Kier molecular flexibility index (Phi) is 3.10. The number of hydrogen-bond acceptors (Lipinski definition) is 1. The van der Waals surface area contributed by atoms with Crippen molar-refractivity contribution in [2.75, 3.05) is 0 Å². The predicted molar refractivity (Wildman–Crippen MR) is 46.4 cm³/mol. The van der Waals surface area contributed by atoms with Crippen molar-refractivity contribution >= 4 is 6.29 Å². The van der Waals surface area contributed by atoms with Gasteiger partial charge in [0.2, 0.25) is 0 Å². The number of hydrogen-bond donors (Lipinski definition) is 0. The summed E-state index contributed by atoms with van der Waals surface area (Å²) in [4.78, 5) is 10.7. The summed E-state index contributed by atoms with van der Waals surface area (Å²) in [6.07, 6.45) is 6.15. The molecule has 0 spiro atoms. The third kappa shape index (κ3) is 2.05. The first-order valence-corrected chi connectivity index (χ1v) is 4.71. The van der Waals surface area contributed by atoms with Crippen molar-refractivity contribution in [1.82, 2.24) is 0 Å². The molecule has 0 aromatic rings. The Hall–Kier alpha value is -0.330. The molecule has 0 aromatic carbocycles. The van der Waals surface area contributed by atoms with Gasteiger partial charge in [-0.25, -0.2) is 0 Å². The van der Waals surface area contributed by atoms with E-state index < -0.39 is 0 Å². The Bertz CT molecular complexity index is 129. The molecule has 0 aromatic heterocycles. The molecule has 1 heteroatoms. The van der Waals surface area contributed by atoms with E-state index in [-0.39, 0.29) is 0 Å². The number of aldehydes is 1. The molecule has 1 rings (SSSR count). The Morgan fingerprint density at radius 3 is 2.36 bits per heavy atom. The van der Waals surface area contributed by atoms with Crippen molar-refractivity contribution < 1.29 is 4.79 Å². The van der Waals surface area contributed by atoms with E-state index in [0.717, 1.165) is 6.42 Å². The van der Waals surface area contributed by atoms with Gasteiger partial charge in [0.15, 0.2) is 0 Å². The van der Waals surface area contributed by atoms with Crippen molar-refractivity contribution in [2.45, 2.75) is 39.5 Å². The number of carbonyl (C=O) groups is 1. The smallest absolute Gasteiger partial charge is 0.123 e. The number of rotatable bonds is 2. The van der Waals surface area contributed by atoms with Crippen molar-refractivity contribution in [3.63, 3.8) is 0 Å². The summed E-state index contributed by atoms with van der Waals surface area (Å²) in [7, 11) is 0. The van der Waals surface area contributed by atoms with Crippen LogP contribution in [0.15, 0.2) is 0 Å². The van der Waals surface area contributed by atoms with Crippen molar-refractivity contribution in [3.8, 4) is 0 Å². The van der Waals surface area contributed by atoms with Crippen LogP contribution in [0.4, 0.5) is 0 Å². The zero-order valence-electron chi connectivity index (χ0n) is 7.55. The molecule has 0 amide bonds. The van der Waals surface area contributed by atoms with E-state index >= 15 is 0 Å². The van der Waals surface area contributed by atoms with E-state index in [4.69, 9.17) is 0 Å². The van der Waals surface area contributed by atoms with Gasteiger partial charge in [-0.15, -0.1) is 0 Å². The molecule has 1 aliphatic rings.